The van der Waals surface area contributed by atoms with Gasteiger partial charge in [0.25, 0.3) is 5.91 Å². The summed E-state index contributed by atoms with van der Waals surface area (Å²) in [6, 6.07) is 1.77. The van der Waals surface area contributed by atoms with Crippen LogP contribution in [0.2, 0.25) is 0 Å². The number of ether oxygens (including phenoxy) is 1. The van der Waals surface area contributed by atoms with Crippen LogP contribution in [0.4, 0.5) is 4.79 Å². The average Bonchev–Trinajstić information content (AvgIpc) is 3.22. The van der Waals surface area contributed by atoms with E-state index in [2.05, 4.69) is 10.5 Å². The summed E-state index contributed by atoms with van der Waals surface area (Å²) >= 11 is 0. The van der Waals surface area contributed by atoms with Crippen molar-refractivity contribution in [2.45, 2.75) is 77.0 Å². The minimum atomic E-state index is -0.506. The molecule has 7 nitrogen and oxygen atoms in total. The van der Waals surface area contributed by atoms with Crippen molar-refractivity contribution >= 4 is 12.0 Å². The van der Waals surface area contributed by atoms with Crippen LogP contribution in [0.5, 0.6) is 0 Å². The largest absolute Gasteiger partial charge is 0.444 e. The zero-order chi connectivity index (χ0) is 18.2. The second-order valence-electron chi connectivity index (χ2n) is 8.11. The SMILES string of the molecule is C[C@H]1C[C@H](NC(=O)c2cc(C3CC3)on2)CCN1C(=O)OC(C)(C)C. The zero-order valence-electron chi connectivity index (χ0n) is 15.4. The van der Waals surface area contributed by atoms with E-state index in [1.807, 2.05) is 27.7 Å². The Bertz CT molecular complexity index is 645. The number of carbonyl (C=O) groups is 2. The Labute approximate surface area is 148 Å². The molecule has 2 fully saturated rings. The van der Waals surface area contributed by atoms with Crippen molar-refractivity contribution in [3.05, 3.63) is 17.5 Å². The van der Waals surface area contributed by atoms with Gasteiger partial charge in [-0.15, -0.1) is 0 Å². The summed E-state index contributed by atoms with van der Waals surface area (Å²) in [7, 11) is 0. The molecule has 0 bridgehead atoms. The van der Waals surface area contributed by atoms with Gasteiger partial charge >= 0.3 is 6.09 Å². The Morgan fingerprint density at radius 1 is 1.32 bits per heavy atom. The fourth-order valence-electron chi connectivity index (χ4n) is 3.11. The van der Waals surface area contributed by atoms with Gasteiger partial charge in [-0.05, 0) is 53.4 Å². The summed E-state index contributed by atoms with van der Waals surface area (Å²) in [4.78, 5) is 26.3. The topological polar surface area (TPSA) is 84.7 Å². The van der Waals surface area contributed by atoms with E-state index in [4.69, 9.17) is 9.26 Å². The van der Waals surface area contributed by atoms with Gasteiger partial charge in [0.1, 0.15) is 11.4 Å². The third kappa shape index (κ3) is 4.52. The van der Waals surface area contributed by atoms with Crippen molar-refractivity contribution in [2.75, 3.05) is 6.54 Å². The molecule has 1 saturated carbocycles. The molecule has 2 aliphatic rings. The highest BCUT2D eigenvalue weighted by Gasteiger charge is 2.33. The molecule has 0 spiro atoms. The molecule has 1 aliphatic carbocycles. The van der Waals surface area contributed by atoms with Gasteiger partial charge in [-0.1, -0.05) is 5.16 Å². The van der Waals surface area contributed by atoms with E-state index in [1.165, 1.54) is 0 Å². The van der Waals surface area contributed by atoms with Crippen molar-refractivity contribution in [1.29, 1.82) is 0 Å². The number of carbonyl (C=O) groups excluding carboxylic acids is 2. The normalized spacial score (nSPS) is 24.1. The van der Waals surface area contributed by atoms with Gasteiger partial charge in [-0.2, -0.15) is 0 Å². The number of amides is 2. The van der Waals surface area contributed by atoms with Crippen molar-refractivity contribution in [3.8, 4) is 0 Å². The summed E-state index contributed by atoms with van der Waals surface area (Å²) in [6.45, 7) is 8.11. The van der Waals surface area contributed by atoms with E-state index in [9.17, 15) is 9.59 Å². The predicted molar refractivity (Wildman–Crippen MR) is 91.4 cm³/mol. The fraction of sp³-hybridized carbons (Fsp3) is 0.722. The molecule has 1 aromatic heterocycles. The molecule has 1 aliphatic heterocycles. The lowest BCUT2D eigenvalue weighted by Crippen LogP contribution is -2.52. The first-order valence-corrected chi connectivity index (χ1v) is 9.00. The molecule has 1 N–H and O–H groups in total. The monoisotopic (exact) mass is 349 g/mol. The third-order valence-corrected chi connectivity index (χ3v) is 4.58. The van der Waals surface area contributed by atoms with Crippen LogP contribution in [0.3, 0.4) is 0 Å². The van der Waals surface area contributed by atoms with Gasteiger partial charge in [0.15, 0.2) is 5.69 Å². The molecule has 0 unspecified atom stereocenters. The fourth-order valence-corrected chi connectivity index (χ4v) is 3.11. The van der Waals surface area contributed by atoms with Crippen LogP contribution < -0.4 is 5.32 Å². The minimum absolute atomic E-state index is 0.00762. The summed E-state index contributed by atoms with van der Waals surface area (Å²) in [5.74, 6) is 1.03. The van der Waals surface area contributed by atoms with E-state index in [1.54, 1.807) is 11.0 Å². The number of aromatic nitrogens is 1. The Hall–Kier alpha value is -2.05. The Kier molecular flexibility index (Phi) is 4.75. The lowest BCUT2D eigenvalue weighted by molar-refractivity contribution is 0.00959. The lowest BCUT2D eigenvalue weighted by Gasteiger charge is -2.38. The first kappa shape index (κ1) is 17.8. The van der Waals surface area contributed by atoms with Crippen LogP contribution in [-0.4, -0.2) is 46.3 Å². The third-order valence-electron chi connectivity index (χ3n) is 4.58. The molecular weight excluding hydrogens is 322 g/mol. The van der Waals surface area contributed by atoms with Gasteiger partial charge in [0.05, 0.1) is 0 Å². The average molecular weight is 349 g/mol. The van der Waals surface area contributed by atoms with Crippen LogP contribution in [0.1, 0.15) is 75.5 Å². The van der Waals surface area contributed by atoms with Gasteiger partial charge < -0.3 is 19.5 Å². The molecule has 3 rings (SSSR count). The van der Waals surface area contributed by atoms with Crippen LogP contribution >= 0.6 is 0 Å². The van der Waals surface area contributed by atoms with Crippen LogP contribution in [-0.2, 0) is 4.74 Å². The van der Waals surface area contributed by atoms with Crippen molar-refractivity contribution < 1.29 is 18.8 Å². The summed E-state index contributed by atoms with van der Waals surface area (Å²) in [5, 5.41) is 6.88. The highest BCUT2D eigenvalue weighted by atomic mass is 16.6. The standard InChI is InChI=1S/C18H27N3O4/c1-11-9-13(7-8-21(11)17(23)24-18(2,3)4)19-16(22)14-10-15(25-20-14)12-5-6-12/h10-13H,5-9H2,1-4H3,(H,19,22)/t11-,13+/m0/s1. The van der Waals surface area contributed by atoms with E-state index < -0.39 is 5.60 Å². The van der Waals surface area contributed by atoms with E-state index >= 15 is 0 Å². The first-order chi connectivity index (χ1) is 11.7. The van der Waals surface area contributed by atoms with Crippen LogP contribution in [0.25, 0.3) is 0 Å². The lowest BCUT2D eigenvalue weighted by atomic mass is 9.98. The molecular formula is C18H27N3O4. The second kappa shape index (κ2) is 6.69. The van der Waals surface area contributed by atoms with Gasteiger partial charge in [0.2, 0.25) is 0 Å². The maximum atomic E-state index is 12.3. The van der Waals surface area contributed by atoms with E-state index in [-0.39, 0.29) is 24.1 Å². The second-order valence-corrected chi connectivity index (χ2v) is 8.11. The number of piperidine rings is 1. The first-order valence-electron chi connectivity index (χ1n) is 9.00. The Morgan fingerprint density at radius 2 is 2.04 bits per heavy atom. The molecule has 1 aromatic rings. The van der Waals surface area contributed by atoms with Gasteiger partial charge in [0, 0.05) is 30.6 Å². The number of nitrogens with one attached hydrogen (secondary N) is 1. The molecule has 2 heterocycles. The minimum Gasteiger partial charge on any atom is -0.444 e. The highest BCUT2D eigenvalue weighted by molar-refractivity contribution is 5.92. The predicted octanol–water partition coefficient (Wildman–Crippen LogP) is 3.07. The number of hydrogen-bond donors (Lipinski definition) is 1. The summed E-state index contributed by atoms with van der Waals surface area (Å²) < 4.78 is 10.7. The Morgan fingerprint density at radius 3 is 2.64 bits per heavy atom. The van der Waals surface area contributed by atoms with E-state index in [0.717, 1.165) is 18.6 Å². The smallest absolute Gasteiger partial charge is 0.410 e. The molecule has 2 amide bonds. The molecule has 138 valence electrons. The molecule has 0 aromatic carbocycles. The maximum Gasteiger partial charge on any atom is 0.410 e. The molecule has 1 saturated heterocycles. The van der Waals surface area contributed by atoms with Crippen LogP contribution in [0.15, 0.2) is 10.6 Å². The maximum absolute atomic E-state index is 12.3. The summed E-state index contributed by atoms with van der Waals surface area (Å²) in [5.41, 5.74) is -0.169. The Balaban J connectivity index is 1.52. The molecule has 0 radical (unpaired) electrons. The van der Waals surface area contributed by atoms with Crippen molar-refractivity contribution in [2.24, 2.45) is 0 Å². The van der Waals surface area contributed by atoms with Gasteiger partial charge in [-0.3, -0.25) is 4.79 Å². The van der Waals surface area contributed by atoms with Crippen molar-refractivity contribution in [1.82, 2.24) is 15.4 Å². The molecule has 7 heteroatoms. The highest BCUT2D eigenvalue weighted by Crippen LogP contribution is 2.40. The zero-order valence-corrected chi connectivity index (χ0v) is 15.4. The number of rotatable bonds is 3. The van der Waals surface area contributed by atoms with Crippen molar-refractivity contribution in [3.63, 3.8) is 0 Å². The quantitative estimate of drug-likeness (QED) is 0.906. The summed E-state index contributed by atoms with van der Waals surface area (Å²) in [6.07, 6.45) is 3.31. The van der Waals surface area contributed by atoms with Gasteiger partial charge in [-0.25, -0.2) is 4.79 Å². The van der Waals surface area contributed by atoms with Crippen LogP contribution in [0, 0.1) is 0 Å². The van der Waals surface area contributed by atoms with E-state index in [0.29, 0.717) is 31.0 Å². The number of nitrogens with zero attached hydrogens (tertiary/aromatic N) is 2. The molecule has 2 atom stereocenters. The molecule has 25 heavy (non-hydrogen) atoms. The number of hydrogen-bond acceptors (Lipinski definition) is 5. The number of likely N-dealkylation sites (tertiary alicyclic amines) is 1.